The van der Waals surface area contributed by atoms with E-state index in [0.717, 1.165) is 29.2 Å². The van der Waals surface area contributed by atoms with Gasteiger partial charge in [-0.3, -0.25) is 4.79 Å². The molecule has 5 heteroatoms. The summed E-state index contributed by atoms with van der Waals surface area (Å²) in [7, 11) is 5.84. The van der Waals surface area contributed by atoms with E-state index in [0.29, 0.717) is 18.7 Å². The largest absolute Gasteiger partial charge is 0.496 e. The first-order valence-electron chi connectivity index (χ1n) is 9.89. The lowest BCUT2D eigenvalue weighted by Gasteiger charge is -2.23. The second-order valence-corrected chi connectivity index (χ2v) is 7.27. The SMILES string of the molecule is CCN(CC)C(=O)c1cccc(Nc2cccc(OC)c2C(C)CN(C)C)c1. The highest BCUT2D eigenvalue weighted by Gasteiger charge is 2.18. The molecule has 2 aromatic carbocycles. The van der Waals surface area contributed by atoms with Gasteiger partial charge in [0.15, 0.2) is 0 Å². The van der Waals surface area contributed by atoms with Crippen molar-refractivity contribution >= 4 is 17.3 Å². The molecule has 2 aromatic rings. The Labute approximate surface area is 169 Å². The number of carbonyl (C=O) groups excluding carboxylic acids is 1. The Morgan fingerprint density at radius 2 is 1.79 bits per heavy atom. The number of carbonyl (C=O) groups is 1. The Bertz CT molecular complexity index is 785. The summed E-state index contributed by atoms with van der Waals surface area (Å²) >= 11 is 0. The Kier molecular flexibility index (Phi) is 7.88. The number of nitrogens with one attached hydrogen (secondary N) is 1. The Morgan fingerprint density at radius 1 is 1.11 bits per heavy atom. The molecule has 1 amide bonds. The Hall–Kier alpha value is -2.53. The highest BCUT2D eigenvalue weighted by molar-refractivity contribution is 5.95. The van der Waals surface area contributed by atoms with Gasteiger partial charge >= 0.3 is 0 Å². The van der Waals surface area contributed by atoms with Gasteiger partial charge in [-0.2, -0.15) is 0 Å². The number of methoxy groups -OCH3 is 1. The van der Waals surface area contributed by atoms with E-state index in [1.54, 1.807) is 7.11 Å². The van der Waals surface area contributed by atoms with Gasteiger partial charge in [-0.05, 0) is 64.2 Å². The predicted molar refractivity (Wildman–Crippen MR) is 117 cm³/mol. The summed E-state index contributed by atoms with van der Waals surface area (Å²) < 4.78 is 5.63. The summed E-state index contributed by atoms with van der Waals surface area (Å²) in [5.74, 6) is 1.21. The first kappa shape index (κ1) is 21.8. The summed E-state index contributed by atoms with van der Waals surface area (Å²) in [5, 5.41) is 3.50. The van der Waals surface area contributed by atoms with E-state index in [4.69, 9.17) is 4.74 Å². The standard InChI is InChI=1S/C23H33N3O2/c1-7-26(8-2)23(27)18-11-9-12-19(15-18)24-20-13-10-14-21(28-6)22(20)17(3)16-25(4)5/h9-15,17,24H,7-8,16H2,1-6H3. The molecule has 152 valence electrons. The number of likely N-dealkylation sites (N-methyl/N-ethyl adjacent to an activating group) is 1. The zero-order valence-electron chi connectivity index (χ0n) is 18.0. The zero-order valence-corrected chi connectivity index (χ0v) is 18.0. The fourth-order valence-corrected chi connectivity index (χ4v) is 3.56. The molecule has 0 aliphatic heterocycles. The quantitative estimate of drug-likeness (QED) is 0.688. The zero-order chi connectivity index (χ0) is 20.7. The average molecular weight is 384 g/mol. The third-order valence-corrected chi connectivity index (χ3v) is 4.86. The summed E-state index contributed by atoms with van der Waals surface area (Å²) in [6, 6.07) is 13.7. The summed E-state index contributed by atoms with van der Waals surface area (Å²) in [4.78, 5) is 16.7. The van der Waals surface area contributed by atoms with Crippen LogP contribution < -0.4 is 10.1 Å². The third-order valence-electron chi connectivity index (χ3n) is 4.86. The molecule has 1 N–H and O–H groups in total. The van der Waals surface area contributed by atoms with E-state index in [1.807, 2.05) is 55.1 Å². The first-order chi connectivity index (χ1) is 13.4. The average Bonchev–Trinajstić information content (AvgIpc) is 2.68. The number of ether oxygens (including phenoxy) is 1. The topological polar surface area (TPSA) is 44.8 Å². The second-order valence-electron chi connectivity index (χ2n) is 7.27. The van der Waals surface area contributed by atoms with Gasteiger partial charge in [0.2, 0.25) is 0 Å². The fourth-order valence-electron chi connectivity index (χ4n) is 3.56. The van der Waals surface area contributed by atoms with Crippen molar-refractivity contribution in [3.8, 4) is 5.75 Å². The van der Waals surface area contributed by atoms with Crippen molar-refractivity contribution in [1.82, 2.24) is 9.80 Å². The van der Waals surface area contributed by atoms with Crippen molar-refractivity contribution in [2.24, 2.45) is 0 Å². The van der Waals surface area contributed by atoms with E-state index < -0.39 is 0 Å². The summed E-state index contributed by atoms with van der Waals surface area (Å²) in [5.41, 5.74) is 3.73. The highest BCUT2D eigenvalue weighted by Crippen LogP contribution is 2.35. The van der Waals surface area contributed by atoms with Crippen molar-refractivity contribution in [3.05, 3.63) is 53.6 Å². The van der Waals surface area contributed by atoms with Gasteiger partial charge in [-0.15, -0.1) is 0 Å². The molecule has 5 nitrogen and oxygen atoms in total. The van der Waals surface area contributed by atoms with Gasteiger partial charge in [-0.25, -0.2) is 0 Å². The van der Waals surface area contributed by atoms with Gasteiger partial charge in [0, 0.05) is 42.1 Å². The molecule has 0 aromatic heterocycles. The van der Waals surface area contributed by atoms with Crippen LogP contribution in [0.3, 0.4) is 0 Å². The van der Waals surface area contributed by atoms with Crippen LogP contribution in [0.15, 0.2) is 42.5 Å². The number of rotatable bonds is 9. The highest BCUT2D eigenvalue weighted by atomic mass is 16.5. The number of amides is 1. The summed E-state index contributed by atoms with van der Waals surface area (Å²) in [6.45, 7) is 8.51. The lowest BCUT2D eigenvalue weighted by molar-refractivity contribution is 0.0773. The number of benzene rings is 2. The molecular formula is C23H33N3O2. The molecule has 0 saturated carbocycles. The van der Waals surface area contributed by atoms with Crippen LogP contribution in [0.25, 0.3) is 0 Å². The number of anilines is 2. The van der Waals surface area contributed by atoms with Crippen LogP contribution in [-0.2, 0) is 0 Å². The molecule has 0 aliphatic carbocycles. The van der Waals surface area contributed by atoms with Gasteiger partial charge < -0.3 is 19.9 Å². The first-order valence-corrected chi connectivity index (χ1v) is 9.89. The molecule has 1 unspecified atom stereocenters. The summed E-state index contributed by atoms with van der Waals surface area (Å²) in [6.07, 6.45) is 0. The molecule has 0 heterocycles. The van der Waals surface area contributed by atoms with Gasteiger partial charge in [0.25, 0.3) is 5.91 Å². The second kappa shape index (κ2) is 10.1. The Balaban J connectivity index is 2.36. The minimum atomic E-state index is 0.0560. The van der Waals surface area contributed by atoms with Crippen LogP contribution in [0, 0.1) is 0 Å². The van der Waals surface area contributed by atoms with Crippen LogP contribution in [0.5, 0.6) is 5.75 Å². The lowest BCUT2D eigenvalue weighted by atomic mass is 9.97. The van der Waals surface area contributed by atoms with Gasteiger partial charge in [0.05, 0.1) is 7.11 Å². The number of hydrogen-bond donors (Lipinski definition) is 1. The molecular weight excluding hydrogens is 350 g/mol. The monoisotopic (exact) mass is 383 g/mol. The van der Waals surface area contributed by atoms with Crippen molar-refractivity contribution in [1.29, 1.82) is 0 Å². The van der Waals surface area contributed by atoms with E-state index in [1.165, 1.54) is 0 Å². The molecule has 2 rings (SSSR count). The van der Waals surface area contributed by atoms with E-state index >= 15 is 0 Å². The van der Waals surface area contributed by atoms with Crippen molar-refractivity contribution < 1.29 is 9.53 Å². The molecule has 0 bridgehead atoms. The Morgan fingerprint density at radius 3 is 2.39 bits per heavy atom. The molecule has 28 heavy (non-hydrogen) atoms. The van der Waals surface area contributed by atoms with E-state index in [9.17, 15) is 4.79 Å². The molecule has 0 radical (unpaired) electrons. The van der Waals surface area contributed by atoms with Crippen LogP contribution in [0.4, 0.5) is 11.4 Å². The van der Waals surface area contributed by atoms with E-state index in [-0.39, 0.29) is 11.8 Å². The number of nitrogens with zero attached hydrogens (tertiary/aromatic N) is 2. The fraction of sp³-hybridized carbons (Fsp3) is 0.435. The van der Waals surface area contributed by atoms with E-state index in [2.05, 4.69) is 37.3 Å². The van der Waals surface area contributed by atoms with Crippen molar-refractivity contribution in [3.63, 3.8) is 0 Å². The molecule has 0 saturated heterocycles. The molecule has 0 fully saturated rings. The normalized spacial score (nSPS) is 12.0. The molecule has 1 atom stereocenters. The molecule has 0 aliphatic rings. The smallest absolute Gasteiger partial charge is 0.253 e. The minimum Gasteiger partial charge on any atom is -0.496 e. The predicted octanol–water partition coefficient (Wildman–Crippen LogP) is 4.59. The lowest BCUT2D eigenvalue weighted by Crippen LogP contribution is -2.30. The maximum Gasteiger partial charge on any atom is 0.253 e. The number of hydrogen-bond acceptors (Lipinski definition) is 4. The van der Waals surface area contributed by atoms with Crippen LogP contribution >= 0.6 is 0 Å². The van der Waals surface area contributed by atoms with Crippen molar-refractivity contribution in [2.45, 2.75) is 26.7 Å². The van der Waals surface area contributed by atoms with Gasteiger partial charge in [-0.1, -0.05) is 19.1 Å². The van der Waals surface area contributed by atoms with Crippen LogP contribution in [0.1, 0.15) is 42.6 Å². The van der Waals surface area contributed by atoms with Crippen LogP contribution in [-0.4, -0.2) is 56.5 Å². The maximum absolute atomic E-state index is 12.7. The van der Waals surface area contributed by atoms with Crippen LogP contribution in [0.2, 0.25) is 0 Å². The van der Waals surface area contributed by atoms with Crippen molar-refractivity contribution in [2.75, 3.05) is 46.2 Å². The third kappa shape index (κ3) is 5.26. The molecule has 0 spiro atoms. The van der Waals surface area contributed by atoms with Gasteiger partial charge in [0.1, 0.15) is 5.75 Å². The maximum atomic E-state index is 12.7. The minimum absolute atomic E-state index is 0.0560.